The van der Waals surface area contributed by atoms with Crippen LogP contribution in [0.5, 0.6) is 6.01 Å². The first kappa shape index (κ1) is 15.1. The van der Waals surface area contributed by atoms with Crippen LogP contribution >= 0.6 is 0 Å². The fourth-order valence-electron chi connectivity index (χ4n) is 2.90. The van der Waals surface area contributed by atoms with Gasteiger partial charge in [-0.05, 0) is 38.8 Å². The van der Waals surface area contributed by atoms with Gasteiger partial charge in [0.25, 0.3) is 6.01 Å². The maximum absolute atomic E-state index is 13.1. The molecule has 3 rings (SSSR count). The Bertz CT molecular complexity index is 905. The Morgan fingerprint density at radius 1 is 1.04 bits per heavy atom. The van der Waals surface area contributed by atoms with Gasteiger partial charge in [-0.1, -0.05) is 17.7 Å². The first-order valence-electron chi connectivity index (χ1n) is 7.31. The molecule has 6 heteroatoms. The lowest BCUT2D eigenvalue weighted by Crippen LogP contribution is -2.11. The van der Waals surface area contributed by atoms with E-state index >= 15 is 0 Å². The summed E-state index contributed by atoms with van der Waals surface area (Å²) in [5.74, 6) is 0.360. The number of aromatic amines is 1. The van der Waals surface area contributed by atoms with Gasteiger partial charge >= 0.3 is 0 Å². The highest BCUT2D eigenvalue weighted by atomic mass is 16.5. The predicted molar refractivity (Wildman–Crippen MR) is 87.1 cm³/mol. The highest BCUT2D eigenvalue weighted by Crippen LogP contribution is 2.24. The number of nitrogens with zero attached hydrogens (tertiary/aromatic N) is 3. The number of fused-ring (bicyclic) bond motifs is 1. The summed E-state index contributed by atoms with van der Waals surface area (Å²) in [6.45, 7) is 7.63. The zero-order chi connectivity index (χ0) is 16.7. The third-order valence-corrected chi connectivity index (χ3v) is 3.75. The SMILES string of the molecule is COc1nc2nc(C)nc(C(=O)c3c(C)cc(C)cc3C)c2[nH]1. The summed E-state index contributed by atoms with van der Waals surface area (Å²) in [5, 5.41) is 0. The van der Waals surface area contributed by atoms with Crippen molar-refractivity contribution >= 4 is 16.9 Å². The van der Waals surface area contributed by atoms with Crippen molar-refractivity contribution in [2.24, 2.45) is 0 Å². The van der Waals surface area contributed by atoms with Crippen LogP contribution in [0.4, 0.5) is 0 Å². The standard InChI is InChI=1S/C17H18N4O2/c1-8-6-9(2)12(10(3)7-8)15(22)13-14-16(19-11(4)18-13)21-17(20-14)23-5/h6-7H,1-5H3,(H,18,19,20,21). The van der Waals surface area contributed by atoms with Crippen LogP contribution in [0.15, 0.2) is 12.1 Å². The third-order valence-electron chi connectivity index (χ3n) is 3.75. The number of nitrogens with one attached hydrogen (secondary N) is 1. The molecule has 6 nitrogen and oxygen atoms in total. The normalized spacial score (nSPS) is 11.0. The summed E-state index contributed by atoms with van der Waals surface area (Å²) < 4.78 is 5.10. The van der Waals surface area contributed by atoms with E-state index in [-0.39, 0.29) is 5.78 Å². The number of rotatable bonds is 3. The molecule has 0 radical (unpaired) electrons. The molecule has 3 aromatic rings. The molecule has 2 heterocycles. The summed E-state index contributed by atoms with van der Waals surface area (Å²) in [4.78, 5) is 28.9. The Morgan fingerprint density at radius 3 is 2.30 bits per heavy atom. The number of imidazole rings is 1. The Morgan fingerprint density at radius 2 is 1.70 bits per heavy atom. The first-order chi connectivity index (χ1) is 10.9. The van der Waals surface area contributed by atoms with E-state index in [0.717, 1.165) is 16.7 Å². The van der Waals surface area contributed by atoms with Crippen molar-refractivity contribution in [3.05, 3.63) is 45.9 Å². The second kappa shape index (κ2) is 5.46. The lowest BCUT2D eigenvalue weighted by molar-refractivity contribution is 0.103. The van der Waals surface area contributed by atoms with Crippen LogP contribution < -0.4 is 4.74 Å². The quantitative estimate of drug-likeness (QED) is 0.752. The number of methoxy groups -OCH3 is 1. The molecular formula is C17H18N4O2. The number of ether oxygens (including phenoxy) is 1. The van der Waals surface area contributed by atoms with Gasteiger partial charge in [0.05, 0.1) is 7.11 Å². The molecule has 0 fully saturated rings. The summed E-state index contributed by atoms with van der Waals surface area (Å²) >= 11 is 0. The van der Waals surface area contributed by atoms with Crippen LogP contribution in [-0.4, -0.2) is 32.8 Å². The van der Waals surface area contributed by atoms with Crippen LogP contribution in [-0.2, 0) is 0 Å². The van der Waals surface area contributed by atoms with Crippen molar-refractivity contribution in [1.29, 1.82) is 0 Å². The van der Waals surface area contributed by atoms with Gasteiger partial charge in [-0.15, -0.1) is 0 Å². The monoisotopic (exact) mass is 310 g/mol. The van der Waals surface area contributed by atoms with E-state index in [1.807, 2.05) is 32.9 Å². The molecule has 0 amide bonds. The average molecular weight is 310 g/mol. The molecule has 0 spiro atoms. The fraction of sp³-hybridized carbons (Fsp3) is 0.294. The number of aryl methyl sites for hydroxylation is 4. The second-order valence-corrected chi connectivity index (χ2v) is 5.67. The molecule has 0 aliphatic carbocycles. The molecule has 1 N–H and O–H groups in total. The van der Waals surface area contributed by atoms with E-state index in [9.17, 15) is 4.79 Å². The number of hydrogen-bond acceptors (Lipinski definition) is 5. The van der Waals surface area contributed by atoms with E-state index in [0.29, 0.717) is 34.3 Å². The van der Waals surface area contributed by atoms with Crippen LogP contribution in [0.1, 0.15) is 38.6 Å². The number of aromatic nitrogens is 4. The number of benzene rings is 1. The Labute approximate surface area is 134 Å². The van der Waals surface area contributed by atoms with Crippen LogP contribution in [0, 0.1) is 27.7 Å². The van der Waals surface area contributed by atoms with E-state index in [4.69, 9.17) is 4.74 Å². The Kier molecular flexibility index (Phi) is 3.60. The van der Waals surface area contributed by atoms with Crippen molar-refractivity contribution in [2.45, 2.75) is 27.7 Å². The fourth-order valence-corrected chi connectivity index (χ4v) is 2.90. The van der Waals surface area contributed by atoms with Gasteiger partial charge < -0.3 is 9.72 Å². The lowest BCUT2D eigenvalue weighted by Gasteiger charge is -2.10. The van der Waals surface area contributed by atoms with Crippen molar-refractivity contribution in [3.8, 4) is 6.01 Å². The highest BCUT2D eigenvalue weighted by Gasteiger charge is 2.22. The zero-order valence-corrected chi connectivity index (χ0v) is 13.8. The van der Waals surface area contributed by atoms with Crippen LogP contribution in [0.3, 0.4) is 0 Å². The molecule has 23 heavy (non-hydrogen) atoms. The number of carbonyl (C=O) groups is 1. The van der Waals surface area contributed by atoms with Crippen LogP contribution in [0.2, 0.25) is 0 Å². The maximum Gasteiger partial charge on any atom is 0.295 e. The molecule has 0 unspecified atom stereocenters. The first-order valence-corrected chi connectivity index (χ1v) is 7.31. The number of H-pyrrole nitrogens is 1. The second-order valence-electron chi connectivity index (χ2n) is 5.67. The van der Waals surface area contributed by atoms with Gasteiger partial charge in [-0.25, -0.2) is 9.97 Å². The van der Waals surface area contributed by atoms with Gasteiger partial charge in [0.15, 0.2) is 5.65 Å². The van der Waals surface area contributed by atoms with E-state index in [1.165, 1.54) is 7.11 Å². The van der Waals surface area contributed by atoms with Gasteiger partial charge in [-0.3, -0.25) is 4.79 Å². The van der Waals surface area contributed by atoms with Crippen molar-refractivity contribution in [3.63, 3.8) is 0 Å². The van der Waals surface area contributed by atoms with E-state index in [1.54, 1.807) is 6.92 Å². The topological polar surface area (TPSA) is 80.8 Å². The molecule has 0 bridgehead atoms. The molecular weight excluding hydrogens is 292 g/mol. The lowest BCUT2D eigenvalue weighted by atomic mass is 9.95. The molecule has 0 saturated carbocycles. The minimum atomic E-state index is -0.137. The largest absolute Gasteiger partial charge is 0.468 e. The van der Waals surface area contributed by atoms with Gasteiger partial charge in [0, 0.05) is 5.56 Å². The summed E-state index contributed by atoms with van der Waals surface area (Å²) in [6, 6.07) is 4.31. The molecule has 2 aromatic heterocycles. The van der Waals surface area contributed by atoms with Gasteiger partial charge in [0.2, 0.25) is 5.78 Å². The smallest absolute Gasteiger partial charge is 0.295 e. The Balaban J connectivity index is 2.24. The summed E-state index contributed by atoms with van der Waals surface area (Å²) in [5.41, 5.74) is 4.91. The number of hydrogen-bond donors (Lipinski definition) is 1. The predicted octanol–water partition coefficient (Wildman–Crippen LogP) is 2.83. The van der Waals surface area contributed by atoms with Gasteiger partial charge in [0.1, 0.15) is 17.0 Å². The molecule has 0 atom stereocenters. The van der Waals surface area contributed by atoms with Crippen LogP contribution in [0.25, 0.3) is 11.2 Å². The molecule has 1 aromatic carbocycles. The van der Waals surface area contributed by atoms with Crippen molar-refractivity contribution < 1.29 is 9.53 Å². The maximum atomic E-state index is 13.1. The minimum Gasteiger partial charge on any atom is -0.468 e. The number of carbonyl (C=O) groups excluding carboxylic acids is 1. The third kappa shape index (κ3) is 2.56. The van der Waals surface area contributed by atoms with Gasteiger partial charge in [-0.2, -0.15) is 4.98 Å². The summed E-state index contributed by atoms with van der Waals surface area (Å²) in [7, 11) is 1.51. The molecule has 0 aliphatic rings. The van der Waals surface area contributed by atoms with Crippen molar-refractivity contribution in [1.82, 2.24) is 19.9 Å². The molecule has 118 valence electrons. The van der Waals surface area contributed by atoms with E-state index < -0.39 is 0 Å². The Hall–Kier alpha value is -2.76. The molecule has 0 aliphatic heterocycles. The molecule has 0 saturated heterocycles. The highest BCUT2D eigenvalue weighted by molar-refractivity contribution is 6.15. The van der Waals surface area contributed by atoms with Crippen molar-refractivity contribution in [2.75, 3.05) is 7.11 Å². The number of ketones is 1. The van der Waals surface area contributed by atoms with E-state index in [2.05, 4.69) is 19.9 Å². The summed E-state index contributed by atoms with van der Waals surface area (Å²) in [6.07, 6.45) is 0. The average Bonchev–Trinajstić information content (AvgIpc) is 2.87. The zero-order valence-electron chi connectivity index (χ0n) is 13.8. The minimum absolute atomic E-state index is 0.137.